The van der Waals surface area contributed by atoms with Gasteiger partial charge in [0.15, 0.2) is 0 Å². The molecule has 1 aromatic heterocycles. The van der Waals surface area contributed by atoms with Crippen molar-refractivity contribution in [2.45, 2.75) is 59.3 Å². The number of hydroxylamine groups is 2. The molecule has 0 bridgehead atoms. The van der Waals surface area contributed by atoms with Gasteiger partial charge in [-0.2, -0.15) is 5.10 Å². The number of hydrogen-bond donors (Lipinski definition) is 9. The maximum Gasteiger partial charge on any atom is 0.290 e. The molecule has 4 atom stereocenters. The summed E-state index contributed by atoms with van der Waals surface area (Å²) in [5.41, 5.74) is 4.91. The molecule has 4 aromatic rings. The zero-order valence-electron chi connectivity index (χ0n) is 35.4. The predicted octanol–water partition coefficient (Wildman–Crippen LogP) is 4.08. The lowest BCUT2D eigenvalue weighted by atomic mass is 10.2. The molecule has 3 saturated heterocycles. The molecule has 3 aliphatic heterocycles. The lowest BCUT2D eigenvalue weighted by Gasteiger charge is -2.20. The van der Waals surface area contributed by atoms with Gasteiger partial charge in [-0.05, 0) is 114 Å². The number of aliphatic hydroxyl groups excluding tert-OH is 2. The van der Waals surface area contributed by atoms with Gasteiger partial charge in [0.2, 0.25) is 0 Å². The quantitative estimate of drug-likeness (QED) is 0.120. The average Bonchev–Trinajstić information content (AvgIpc) is 3.90. The number of piperidine rings is 1. The Morgan fingerprint density at radius 1 is 0.793 bits per heavy atom. The van der Waals surface area contributed by atoms with E-state index in [0.29, 0.717) is 0 Å². The summed E-state index contributed by atoms with van der Waals surface area (Å²) in [4.78, 5) is 22.6. The fourth-order valence-corrected chi connectivity index (χ4v) is 6.22. The molecule has 9 N–H and O–H groups in total. The average molecular weight is 812 g/mol. The molecule has 1 saturated carbocycles. The Balaban J connectivity index is 0.000000363. The molecule has 0 radical (unpaired) electrons. The highest BCUT2D eigenvalue weighted by atomic mass is 16.7. The van der Waals surface area contributed by atoms with Gasteiger partial charge in [-0.3, -0.25) is 14.7 Å². The van der Waals surface area contributed by atoms with Crippen molar-refractivity contribution in [2.24, 2.45) is 17.8 Å². The van der Waals surface area contributed by atoms with Crippen molar-refractivity contribution >= 4 is 23.8 Å². The second kappa shape index (κ2) is 31.4. The fourth-order valence-electron chi connectivity index (χ4n) is 6.22. The summed E-state index contributed by atoms with van der Waals surface area (Å²) in [5, 5.41) is 53.7. The number of β-amino-alcohol motifs (C(OH)–C–C–N with tert-alkyl or cyclic N) is 2. The first kappa shape index (κ1) is 51.4. The van der Waals surface area contributed by atoms with Crippen LogP contribution in [0.1, 0.15) is 43.4 Å². The Labute approximate surface area is 344 Å². The Morgan fingerprint density at radius 2 is 1.29 bits per heavy atom. The van der Waals surface area contributed by atoms with Crippen LogP contribution in [0.4, 0.5) is 0 Å². The van der Waals surface area contributed by atoms with Gasteiger partial charge in [0.05, 0.1) is 31.0 Å². The second-order valence-electron chi connectivity index (χ2n) is 13.6. The zero-order chi connectivity index (χ0) is 43.1. The highest BCUT2D eigenvalue weighted by Gasteiger charge is 2.55. The summed E-state index contributed by atoms with van der Waals surface area (Å²) in [7, 11) is 5.65. The van der Waals surface area contributed by atoms with E-state index in [0.717, 1.165) is 105 Å². The number of ether oxygens (including phenoxy) is 1. The minimum Gasteiger partial charge on any atom is -0.497 e. The highest BCUT2D eigenvalue weighted by Crippen LogP contribution is 2.51. The Kier molecular flexibility index (Phi) is 27.8. The normalized spacial score (nSPS) is 20.5. The zero-order valence-corrected chi connectivity index (χ0v) is 35.4. The molecule has 4 aliphatic rings. The molecular weight excluding hydrogens is 743 g/mol. The summed E-state index contributed by atoms with van der Waals surface area (Å²) in [6, 6.07) is 22.5. The van der Waals surface area contributed by atoms with Gasteiger partial charge in [-0.15, -0.1) is 5.06 Å². The minimum atomic E-state index is -0.250. The molecule has 8 rings (SSSR count). The van der Waals surface area contributed by atoms with E-state index in [1.54, 1.807) is 7.11 Å². The van der Waals surface area contributed by atoms with Crippen molar-refractivity contribution in [3.8, 4) is 11.5 Å². The van der Waals surface area contributed by atoms with Crippen LogP contribution < -0.4 is 30.8 Å². The van der Waals surface area contributed by atoms with Crippen LogP contribution in [0.2, 0.25) is 0 Å². The first-order valence-electron chi connectivity index (χ1n) is 19.9. The molecule has 15 heteroatoms. The SMILES string of the molecule is CC.CNCC1C2CN(Oc3ccc(C)cc3)CC12.CNCc1ccc2cn[nH]c2c1.COc1ccc(C)cc1.O=CO.O=CO.OC1CCNC1.OC1CCNC1. The van der Waals surface area contributed by atoms with E-state index < -0.39 is 0 Å². The van der Waals surface area contributed by atoms with Gasteiger partial charge < -0.3 is 51.3 Å². The van der Waals surface area contributed by atoms with Crippen molar-refractivity contribution in [3.63, 3.8) is 0 Å². The molecule has 4 heterocycles. The molecule has 324 valence electrons. The van der Waals surface area contributed by atoms with Crippen LogP contribution in [0.25, 0.3) is 10.9 Å². The number of nitrogens with one attached hydrogen (secondary N) is 5. The van der Waals surface area contributed by atoms with Gasteiger partial charge in [0, 0.05) is 38.1 Å². The van der Waals surface area contributed by atoms with Gasteiger partial charge in [0.25, 0.3) is 12.9 Å². The maximum absolute atomic E-state index is 8.67. The van der Waals surface area contributed by atoms with E-state index in [9.17, 15) is 0 Å². The van der Waals surface area contributed by atoms with Gasteiger partial charge in [-0.1, -0.05) is 61.4 Å². The molecule has 58 heavy (non-hydrogen) atoms. The van der Waals surface area contributed by atoms with Crippen LogP contribution in [0.5, 0.6) is 11.5 Å². The van der Waals surface area contributed by atoms with Gasteiger partial charge in [0.1, 0.15) is 11.5 Å². The number of rotatable bonds is 7. The standard InChI is InChI=1S/C14H20N2O.C9H11N3.C8H10O.2C4H9NO.C2H6.2CH2O2/c1-10-3-5-11(6-4-10)17-16-8-13-12(7-15-2)14(13)9-16;1-10-5-7-2-3-8-6-11-12-9(8)4-7;1-7-3-5-8(9-2)6-4-7;2*6-4-1-2-5-3-4;1-2;2*2-1-3/h3-6,12-15H,7-9H2,1-2H3;2-4,6,10H,5H2,1H3,(H,11,12);3-6H,1-2H3;2*4-6H,1-3H2;1-2H3;2*1H,(H,2,3). The Morgan fingerprint density at radius 3 is 1.69 bits per heavy atom. The molecule has 0 amide bonds. The number of methoxy groups -OCH3 is 1. The monoisotopic (exact) mass is 812 g/mol. The molecule has 4 unspecified atom stereocenters. The molecule has 1 aliphatic carbocycles. The van der Waals surface area contributed by atoms with E-state index in [1.807, 2.05) is 70.5 Å². The summed E-state index contributed by atoms with van der Waals surface area (Å²) in [5.74, 6) is 4.47. The third kappa shape index (κ3) is 21.2. The number of aromatic nitrogens is 2. The minimum absolute atomic E-state index is 0.0648. The number of hydrogen-bond acceptors (Lipinski definition) is 12. The molecular formula is C43H69N7O8. The van der Waals surface area contributed by atoms with Crippen molar-refractivity contribution in [1.29, 1.82) is 0 Å². The lowest BCUT2D eigenvalue weighted by molar-refractivity contribution is -0.123. The summed E-state index contributed by atoms with van der Waals surface area (Å²) in [6.45, 7) is 15.4. The predicted molar refractivity (Wildman–Crippen MR) is 230 cm³/mol. The van der Waals surface area contributed by atoms with Gasteiger partial charge >= 0.3 is 0 Å². The number of H-pyrrole nitrogens is 1. The maximum atomic E-state index is 8.67. The number of aryl methyl sites for hydroxylation is 2. The van der Waals surface area contributed by atoms with E-state index in [4.69, 9.17) is 39.6 Å². The van der Waals surface area contributed by atoms with Crippen molar-refractivity contribution in [2.75, 3.05) is 67.0 Å². The van der Waals surface area contributed by atoms with Crippen LogP contribution in [-0.4, -0.2) is 128 Å². The van der Waals surface area contributed by atoms with Crippen LogP contribution >= 0.6 is 0 Å². The van der Waals surface area contributed by atoms with Crippen LogP contribution in [-0.2, 0) is 16.1 Å². The Bertz CT molecular complexity index is 1570. The second-order valence-corrected chi connectivity index (χ2v) is 13.6. The third-order valence-electron chi connectivity index (χ3n) is 9.25. The van der Waals surface area contributed by atoms with Crippen molar-refractivity contribution in [1.82, 2.24) is 36.5 Å². The highest BCUT2D eigenvalue weighted by molar-refractivity contribution is 5.78. The van der Waals surface area contributed by atoms with Crippen molar-refractivity contribution < 1.29 is 39.6 Å². The summed E-state index contributed by atoms with van der Waals surface area (Å²) >= 11 is 0. The van der Waals surface area contributed by atoms with Crippen LogP contribution in [0.3, 0.4) is 0 Å². The number of aromatic amines is 1. The number of carboxylic acid groups (broad SMARTS) is 2. The molecule has 0 spiro atoms. The van der Waals surface area contributed by atoms with Gasteiger partial charge in [-0.25, -0.2) is 0 Å². The number of aliphatic hydroxyl groups is 2. The van der Waals surface area contributed by atoms with E-state index in [1.165, 1.54) is 16.7 Å². The fraction of sp³-hybridized carbons (Fsp3) is 0.512. The first-order valence-corrected chi connectivity index (χ1v) is 19.9. The van der Waals surface area contributed by atoms with E-state index >= 15 is 0 Å². The smallest absolute Gasteiger partial charge is 0.290 e. The van der Waals surface area contributed by atoms with Crippen LogP contribution in [0, 0.1) is 31.6 Å². The largest absolute Gasteiger partial charge is 0.497 e. The molecule has 4 fully saturated rings. The number of fused-ring (bicyclic) bond motifs is 2. The lowest BCUT2D eigenvalue weighted by Crippen LogP contribution is -2.29. The van der Waals surface area contributed by atoms with Crippen LogP contribution in [0.15, 0.2) is 72.9 Å². The number of carbonyl (C=O) groups is 2. The van der Waals surface area contributed by atoms with E-state index in [2.05, 4.69) is 80.7 Å². The Hall–Kier alpha value is -4.61. The van der Waals surface area contributed by atoms with E-state index in [-0.39, 0.29) is 25.2 Å². The molecule has 3 aromatic carbocycles. The first-order chi connectivity index (χ1) is 28.1. The topological polar surface area (TPSA) is 214 Å². The van der Waals surface area contributed by atoms with Crippen molar-refractivity contribution in [3.05, 3.63) is 89.6 Å². The summed E-state index contributed by atoms with van der Waals surface area (Å²) < 4.78 is 4.97. The number of benzene rings is 3. The third-order valence-corrected chi connectivity index (χ3v) is 9.25. The number of nitrogens with zero attached hydrogens (tertiary/aromatic N) is 2. The molecule has 15 nitrogen and oxygen atoms in total. The summed E-state index contributed by atoms with van der Waals surface area (Å²) in [6.07, 6.45) is 3.56.